The van der Waals surface area contributed by atoms with Gasteiger partial charge in [-0.2, -0.15) is 0 Å². The number of rotatable bonds is 1. The van der Waals surface area contributed by atoms with Crippen LogP contribution in [0.1, 0.15) is 47.0 Å². The Morgan fingerprint density at radius 3 is 2.67 bits per heavy atom. The number of carbonyl (C=O) groups excluding carboxylic acids is 2. The summed E-state index contributed by atoms with van der Waals surface area (Å²) in [5, 5.41) is 0. The molecule has 1 aliphatic heterocycles. The van der Waals surface area contributed by atoms with Crippen molar-refractivity contribution in [3.63, 3.8) is 0 Å². The molecule has 1 saturated heterocycles. The van der Waals surface area contributed by atoms with Gasteiger partial charge in [0.15, 0.2) is 0 Å². The van der Waals surface area contributed by atoms with E-state index in [0.29, 0.717) is 6.42 Å². The SMILES string of the molecule is CC(=O)O[C@@H]1/C=C(\C)CC[C@H]2C(C)C(=O)O[C@H]2/C=C(\C)C1. The minimum Gasteiger partial charge on any atom is -0.458 e. The van der Waals surface area contributed by atoms with Gasteiger partial charge in [0, 0.05) is 19.3 Å². The van der Waals surface area contributed by atoms with E-state index in [1.807, 2.05) is 26.0 Å². The fraction of sp³-hybridized carbons (Fsp3) is 0.647. The Morgan fingerprint density at radius 1 is 1.29 bits per heavy atom. The van der Waals surface area contributed by atoms with Gasteiger partial charge in [0.2, 0.25) is 0 Å². The van der Waals surface area contributed by atoms with E-state index in [4.69, 9.17) is 9.47 Å². The second-order valence-corrected chi connectivity index (χ2v) is 6.27. The topological polar surface area (TPSA) is 52.6 Å². The van der Waals surface area contributed by atoms with Crippen LogP contribution in [0.3, 0.4) is 0 Å². The lowest BCUT2D eigenvalue weighted by Crippen LogP contribution is -2.21. The molecule has 0 aromatic heterocycles. The number of carbonyl (C=O) groups is 2. The molecule has 0 N–H and O–H groups in total. The largest absolute Gasteiger partial charge is 0.458 e. The average Bonchev–Trinajstić information content (AvgIpc) is 2.61. The third-order valence-electron chi connectivity index (χ3n) is 4.32. The highest BCUT2D eigenvalue weighted by Gasteiger charge is 2.40. The van der Waals surface area contributed by atoms with E-state index >= 15 is 0 Å². The molecular formula is C17H24O4. The van der Waals surface area contributed by atoms with Crippen molar-refractivity contribution >= 4 is 11.9 Å². The Labute approximate surface area is 126 Å². The first kappa shape index (κ1) is 15.8. The summed E-state index contributed by atoms with van der Waals surface area (Å²) in [4.78, 5) is 23.0. The molecular weight excluding hydrogens is 268 g/mol. The predicted molar refractivity (Wildman–Crippen MR) is 79.5 cm³/mol. The van der Waals surface area contributed by atoms with E-state index in [-0.39, 0.29) is 36.0 Å². The van der Waals surface area contributed by atoms with Crippen molar-refractivity contribution in [2.45, 2.75) is 59.2 Å². The zero-order valence-corrected chi connectivity index (χ0v) is 13.2. The van der Waals surface area contributed by atoms with E-state index in [0.717, 1.165) is 18.4 Å². The second kappa shape index (κ2) is 6.46. The molecule has 0 amide bonds. The zero-order chi connectivity index (χ0) is 15.6. The van der Waals surface area contributed by atoms with E-state index in [1.54, 1.807) is 0 Å². The number of esters is 2. The maximum absolute atomic E-state index is 11.8. The number of allylic oxidation sites excluding steroid dienone is 1. The lowest BCUT2D eigenvalue weighted by Gasteiger charge is -2.21. The van der Waals surface area contributed by atoms with E-state index in [1.165, 1.54) is 12.5 Å². The molecule has 0 aromatic rings. The van der Waals surface area contributed by atoms with Crippen LogP contribution in [0, 0.1) is 11.8 Å². The second-order valence-electron chi connectivity index (χ2n) is 6.27. The summed E-state index contributed by atoms with van der Waals surface area (Å²) in [5.74, 6) is -0.184. The summed E-state index contributed by atoms with van der Waals surface area (Å²) < 4.78 is 10.8. The first-order chi connectivity index (χ1) is 9.86. The number of hydrogen-bond donors (Lipinski definition) is 0. The Bertz CT molecular complexity index is 489. The summed E-state index contributed by atoms with van der Waals surface area (Å²) in [6, 6.07) is 0. The van der Waals surface area contributed by atoms with Gasteiger partial charge in [-0.1, -0.05) is 18.1 Å². The molecule has 1 heterocycles. The quantitative estimate of drug-likeness (QED) is 0.550. The Hall–Kier alpha value is -1.58. The van der Waals surface area contributed by atoms with Crippen LogP contribution in [-0.2, 0) is 19.1 Å². The van der Waals surface area contributed by atoms with Crippen LogP contribution in [0.2, 0.25) is 0 Å². The minimum absolute atomic E-state index is 0.0458. The number of fused-ring (bicyclic) bond motifs is 1. The fourth-order valence-electron chi connectivity index (χ4n) is 3.17. The molecule has 4 nitrogen and oxygen atoms in total. The lowest BCUT2D eigenvalue weighted by atomic mass is 9.84. The summed E-state index contributed by atoms with van der Waals surface area (Å²) in [5.41, 5.74) is 2.28. The molecule has 2 aliphatic rings. The lowest BCUT2D eigenvalue weighted by molar-refractivity contribution is -0.144. The van der Waals surface area contributed by atoms with E-state index in [9.17, 15) is 9.59 Å². The first-order valence-electron chi connectivity index (χ1n) is 7.59. The van der Waals surface area contributed by atoms with Crippen molar-refractivity contribution in [3.05, 3.63) is 23.3 Å². The van der Waals surface area contributed by atoms with Gasteiger partial charge in [0.1, 0.15) is 12.2 Å². The van der Waals surface area contributed by atoms with Gasteiger partial charge in [-0.25, -0.2) is 0 Å². The molecule has 4 heteroatoms. The van der Waals surface area contributed by atoms with Crippen molar-refractivity contribution in [2.75, 3.05) is 0 Å². The molecule has 1 unspecified atom stereocenters. The van der Waals surface area contributed by atoms with Crippen molar-refractivity contribution < 1.29 is 19.1 Å². The predicted octanol–water partition coefficient (Wildman–Crippen LogP) is 3.17. The van der Waals surface area contributed by atoms with Crippen LogP contribution in [0.5, 0.6) is 0 Å². The molecule has 2 rings (SSSR count). The summed E-state index contributed by atoms with van der Waals surface area (Å²) in [6.07, 6.45) is 6.13. The minimum atomic E-state index is -0.271. The Balaban J connectivity index is 2.22. The smallest absolute Gasteiger partial charge is 0.309 e. The molecule has 0 saturated carbocycles. The van der Waals surface area contributed by atoms with Gasteiger partial charge in [-0.05, 0) is 38.8 Å². The van der Waals surface area contributed by atoms with Gasteiger partial charge in [-0.3, -0.25) is 9.59 Å². The summed E-state index contributed by atoms with van der Waals surface area (Å²) in [7, 11) is 0. The third kappa shape index (κ3) is 3.96. The fourth-order valence-corrected chi connectivity index (χ4v) is 3.17. The molecule has 0 spiro atoms. The summed E-state index contributed by atoms with van der Waals surface area (Å²) >= 11 is 0. The molecule has 0 radical (unpaired) electrons. The zero-order valence-electron chi connectivity index (χ0n) is 13.2. The normalized spacial score (nSPS) is 38.4. The van der Waals surface area contributed by atoms with Crippen LogP contribution in [0.15, 0.2) is 23.3 Å². The maximum Gasteiger partial charge on any atom is 0.309 e. The van der Waals surface area contributed by atoms with Gasteiger partial charge in [0.05, 0.1) is 5.92 Å². The molecule has 116 valence electrons. The van der Waals surface area contributed by atoms with Crippen LogP contribution in [0.4, 0.5) is 0 Å². The van der Waals surface area contributed by atoms with Gasteiger partial charge < -0.3 is 9.47 Å². The highest BCUT2D eigenvalue weighted by Crippen LogP contribution is 2.35. The van der Waals surface area contributed by atoms with Crippen LogP contribution in [-0.4, -0.2) is 24.1 Å². The van der Waals surface area contributed by atoms with Gasteiger partial charge in [0.25, 0.3) is 0 Å². The highest BCUT2D eigenvalue weighted by molar-refractivity contribution is 5.75. The van der Waals surface area contributed by atoms with Gasteiger partial charge in [-0.15, -0.1) is 0 Å². The molecule has 0 aromatic carbocycles. The van der Waals surface area contributed by atoms with Crippen molar-refractivity contribution in [1.29, 1.82) is 0 Å². The molecule has 21 heavy (non-hydrogen) atoms. The van der Waals surface area contributed by atoms with Crippen molar-refractivity contribution in [3.8, 4) is 0 Å². The van der Waals surface area contributed by atoms with Crippen LogP contribution >= 0.6 is 0 Å². The molecule has 4 atom stereocenters. The average molecular weight is 292 g/mol. The number of hydrogen-bond acceptors (Lipinski definition) is 4. The molecule has 1 fully saturated rings. The molecule has 1 aliphatic carbocycles. The Morgan fingerprint density at radius 2 is 2.00 bits per heavy atom. The Kier molecular flexibility index (Phi) is 4.86. The number of ether oxygens (including phenoxy) is 2. The van der Waals surface area contributed by atoms with E-state index in [2.05, 4.69) is 6.92 Å². The van der Waals surface area contributed by atoms with Crippen molar-refractivity contribution in [1.82, 2.24) is 0 Å². The molecule has 0 bridgehead atoms. The maximum atomic E-state index is 11.8. The van der Waals surface area contributed by atoms with E-state index < -0.39 is 0 Å². The van der Waals surface area contributed by atoms with Crippen LogP contribution < -0.4 is 0 Å². The van der Waals surface area contributed by atoms with Gasteiger partial charge >= 0.3 is 11.9 Å². The summed E-state index contributed by atoms with van der Waals surface area (Å²) in [6.45, 7) is 7.42. The standard InChI is InChI=1S/C17H24O4/c1-10-5-6-15-12(3)17(19)21-16(15)9-11(2)8-14(7-10)20-13(4)18/h7,9,12,14-16H,5-6,8H2,1-4H3/b10-7+,11-9+/t12?,14-,15+,16+/m1/s1. The monoisotopic (exact) mass is 292 g/mol. The van der Waals surface area contributed by atoms with Crippen LogP contribution in [0.25, 0.3) is 0 Å². The highest BCUT2D eigenvalue weighted by atomic mass is 16.6. The first-order valence-corrected chi connectivity index (χ1v) is 7.59. The van der Waals surface area contributed by atoms with Crippen molar-refractivity contribution in [2.24, 2.45) is 11.8 Å². The third-order valence-corrected chi connectivity index (χ3v) is 4.32.